The minimum atomic E-state index is 0.0709. The predicted molar refractivity (Wildman–Crippen MR) is 269 cm³/mol. The molecule has 0 amide bonds. The monoisotopic (exact) mass is 848 g/mol. The molecule has 0 aliphatic heterocycles. The van der Waals surface area contributed by atoms with Gasteiger partial charge in [-0.25, -0.2) is 15.0 Å². The van der Waals surface area contributed by atoms with E-state index in [0.29, 0.717) is 29.3 Å². The predicted octanol–water partition coefficient (Wildman–Crippen LogP) is 15.3. The molecule has 0 unspecified atom stereocenters. The van der Waals surface area contributed by atoms with E-state index in [-0.39, 0.29) is 5.41 Å². The topological polar surface area (TPSA) is 43.6 Å². The molecule has 4 bridgehead atoms. The van der Waals surface area contributed by atoms with Crippen LogP contribution in [0.15, 0.2) is 188 Å². The lowest BCUT2D eigenvalue weighted by Gasteiger charge is -2.61. The second-order valence-corrected chi connectivity index (χ2v) is 19.7. The molecule has 0 atom stereocenters. The van der Waals surface area contributed by atoms with Crippen molar-refractivity contribution < 1.29 is 0 Å². The van der Waals surface area contributed by atoms with Crippen LogP contribution in [-0.4, -0.2) is 19.5 Å². The smallest absolute Gasteiger partial charge is 0.164 e. The molecule has 4 heteroatoms. The number of hydrogen-bond donors (Lipinski definition) is 0. The molecule has 4 saturated carbocycles. The number of fused-ring (bicyclic) bond motifs is 6. The Bertz CT molecular complexity index is 3470. The van der Waals surface area contributed by atoms with Crippen LogP contribution in [0.3, 0.4) is 0 Å². The summed E-state index contributed by atoms with van der Waals surface area (Å²) in [7, 11) is 0. The minimum Gasteiger partial charge on any atom is -0.309 e. The standard InChI is InChI=1S/C62H48N4/c1-38-21-26-55-54(27-38)51-24-22-43(36-56(51)62(55)48-29-39-28-40(31-48)32-49(62)30-39)45-33-46(44-23-25-53-52-19-11-12-20-57(52)66(58(53)37-44)50-17-9-4-10-18-50)35-47(34-45)61-64-59(41-13-5-2-6-14-41)63-60(65-61)42-15-7-3-8-16-42/h2-27,33-37,39-40,48-49H,28-32H2,1H3. The maximum Gasteiger partial charge on any atom is 0.164 e. The summed E-state index contributed by atoms with van der Waals surface area (Å²) in [6.07, 6.45) is 6.88. The average Bonchev–Trinajstić information content (AvgIpc) is 3.85. The van der Waals surface area contributed by atoms with E-state index in [9.17, 15) is 0 Å². The summed E-state index contributed by atoms with van der Waals surface area (Å²) in [5, 5.41) is 2.49. The Morgan fingerprint density at radius 3 is 1.61 bits per heavy atom. The molecule has 8 aromatic carbocycles. The molecule has 2 aromatic heterocycles. The average molecular weight is 849 g/mol. The van der Waals surface area contributed by atoms with Crippen molar-refractivity contribution in [3.05, 3.63) is 205 Å². The van der Waals surface area contributed by atoms with Crippen molar-refractivity contribution in [2.24, 2.45) is 23.7 Å². The van der Waals surface area contributed by atoms with Crippen molar-refractivity contribution in [3.63, 3.8) is 0 Å². The number of rotatable bonds is 6. The first-order chi connectivity index (χ1) is 32.5. The SMILES string of the molecule is Cc1ccc2c(c1)-c1ccc(-c3cc(-c4ccc5c6ccccc6n(-c6ccccc6)c5c4)cc(-c4nc(-c5ccccc5)nc(-c5ccccc5)n4)c3)cc1C21C2CC3CC(C2)CC1C3. The number of hydrogen-bond acceptors (Lipinski definition) is 3. The lowest BCUT2D eigenvalue weighted by atomic mass is 9.43. The summed E-state index contributed by atoms with van der Waals surface area (Å²) in [5.74, 6) is 5.14. The van der Waals surface area contributed by atoms with E-state index < -0.39 is 0 Å². The molecule has 5 aliphatic carbocycles. The molecule has 4 fully saturated rings. The number of nitrogens with zero attached hydrogens (tertiary/aromatic N) is 4. The van der Waals surface area contributed by atoms with Crippen LogP contribution in [0.4, 0.5) is 0 Å². The van der Waals surface area contributed by atoms with E-state index in [2.05, 4.69) is 163 Å². The third kappa shape index (κ3) is 5.73. The lowest BCUT2D eigenvalue weighted by Crippen LogP contribution is -2.55. The molecule has 5 aliphatic rings. The zero-order valence-corrected chi connectivity index (χ0v) is 37.0. The van der Waals surface area contributed by atoms with Gasteiger partial charge in [0.25, 0.3) is 0 Å². The Morgan fingerprint density at radius 1 is 0.394 bits per heavy atom. The summed E-state index contributed by atoms with van der Waals surface area (Å²) >= 11 is 0. The molecule has 0 N–H and O–H groups in total. The second-order valence-electron chi connectivity index (χ2n) is 19.7. The number of aryl methyl sites for hydroxylation is 1. The number of aromatic nitrogens is 4. The Balaban J connectivity index is 1.00. The molecule has 66 heavy (non-hydrogen) atoms. The highest BCUT2D eigenvalue weighted by molar-refractivity contribution is 6.10. The normalized spacial score (nSPS) is 21.2. The molecule has 0 saturated heterocycles. The molecular formula is C62H48N4. The third-order valence-corrected chi connectivity index (χ3v) is 16.0. The third-order valence-electron chi connectivity index (χ3n) is 16.0. The van der Waals surface area contributed by atoms with Gasteiger partial charge in [0.15, 0.2) is 17.5 Å². The van der Waals surface area contributed by atoms with Gasteiger partial charge in [-0.15, -0.1) is 0 Å². The van der Waals surface area contributed by atoms with E-state index >= 15 is 0 Å². The first-order valence-electron chi connectivity index (χ1n) is 23.9. The van der Waals surface area contributed by atoms with Crippen molar-refractivity contribution in [3.8, 4) is 73.2 Å². The first-order valence-corrected chi connectivity index (χ1v) is 23.9. The van der Waals surface area contributed by atoms with Gasteiger partial charge >= 0.3 is 0 Å². The Labute approximate surface area is 385 Å². The largest absolute Gasteiger partial charge is 0.309 e. The van der Waals surface area contributed by atoms with Gasteiger partial charge in [-0.1, -0.05) is 145 Å². The summed E-state index contributed by atoms with van der Waals surface area (Å²) in [6, 6.07) is 69.0. The molecule has 10 aromatic rings. The first kappa shape index (κ1) is 37.9. The van der Waals surface area contributed by atoms with Crippen LogP contribution in [0.2, 0.25) is 0 Å². The maximum absolute atomic E-state index is 5.29. The fourth-order valence-corrected chi connectivity index (χ4v) is 13.5. The van der Waals surface area contributed by atoms with Gasteiger partial charge < -0.3 is 4.57 Å². The number of benzene rings is 8. The van der Waals surface area contributed by atoms with E-state index in [0.717, 1.165) is 45.3 Å². The van der Waals surface area contributed by atoms with Crippen LogP contribution in [0.5, 0.6) is 0 Å². The molecule has 4 nitrogen and oxygen atoms in total. The van der Waals surface area contributed by atoms with Gasteiger partial charge in [-0.2, -0.15) is 0 Å². The Morgan fingerprint density at radius 2 is 0.939 bits per heavy atom. The van der Waals surface area contributed by atoms with Crippen molar-refractivity contribution in [2.45, 2.75) is 44.4 Å². The van der Waals surface area contributed by atoms with Crippen LogP contribution in [-0.2, 0) is 5.41 Å². The van der Waals surface area contributed by atoms with Crippen LogP contribution in [0, 0.1) is 30.6 Å². The zero-order valence-electron chi connectivity index (χ0n) is 37.0. The second kappa shape index (κ2) is 14.5. The van der Waals surface area contributed by atoms with Gasteiger partial charge in [-0.3, -0.25) is 0 Å². The van der Waals surface area contributed by atoms with Crippen molar-refractivity contribution in [1.82, 2.24) is 19.5 Å². The van der Waals surface area contributed by atoms with Gasteiger partial charge in [0.05, 0.1) is 11.0 Å². The fourth-order valence-electron chi connectivity index (χ4n) is 13.5. The van der Waals surface area contributed by atoms with Gasteiger partial charge in [-0.05, 0) is 156 Å². The van der Waals surface area contributed by atoms with Gasteiger partial charge in [0, 0.05) is 38.6 Å². The van der Waals surface area contributed by atoms with E-state index in [4.69, 9.17) is 15.0 Å². The van der Waals surface area contributed by atoms with E-state index in [1.807, 2.05) is 36.4 Å². The summed E-state index contributed by atoms with van der Waals surface area (Å²) in [4.78, 5) is 15.7. The van der Waals surface area contributed by atoms with Crippen molar-refractivity contribution in [2.75, 3.05) is 0 Å². The summed E-state index contributed by atoms with van der Waals surface area (Å²) in [5.41, 5.74) is 18.6. The molecule has 15 rings (SSSR count). The molecule has 316 valence electrons. The highest BCUT2D eigenvalue weighted by Gasteiger charge is 2.61. The van der Waals surface area contributed by atoms with Crippen LogP contribution in [0.25, 0.3) is 95.0 Å². The molecular weight excluding hydrogens is 801 g/mol. The summed E-state index contributed by atoms with van der Waals surface area (Å²) < 4.78 is 2.41. The molecule has 0 radical (unpaired) electrons. The Hall–Kier alpha value is -7.43. The highest BCUT2D eigenvalue weighted by atomic mass is 15.0. The summed E-state index contributed by atoms with van der Waals surface area (Å²) in [6.45, 7) is 2.26. The highest BCUT2D eigenvalue weighted by Crippen LogP contribution is 2.69. The molecule has 2 heterocycles. The van der Waals surface area contributed by atoms with E-state index in [1.165, 1.54) is 81.7 Å². The lowest BCUT2D eigenvalue weighted by molar-refractivity contribution is -0.0399. The zero-order chi connectivity index (χ0) is 43.5. The Kier molecular flexibility index (Phi) is 8.35. The van der Waals surface area contributed by atoms with Crippen LogP contribution < -0.4 is 0 Å². The maximum atomic E-state index is 5.29. The fraction of sp³-hybridized carbons (Fsp3) is 0.177. The van der Waals surface area contributed by atoms with Gasteiger partial charge in [0.2, 0.25) is 0 Å². The molecule has 1 spiro atoms. The van der Waals surface area contributed by atoms with Crippen LogP contribution in [0.1, 0.15) is 48.8 Å². The van der Waals surface area contributed by atoms with Crippen molar-refractivity contribution in [1.29, 1.82) is 0 Å². The van der Waals surface area contributed by atoms with E-state index in [1.54, 1.807) is 11.1 Å². The van der Waals surface area contributed by atoms with Gasteiger partial charge in [0.1, 0.15) is 0 Å². The number of para-hydroxylation sites is 2. The van der Waals surface area contributed by atoms with Crippen molar-refractivity contribution >= 4 is 21.8 Å². The quantitative estimate of drug-likeness (QED) is 0.167. The minimum absolute atomic E-state index is 0.0709. The van der Waals surface area contributed by atoms with Crippen LogP contribution >= 0.6 is 0 Å².